The van der Waals surface area contributed by atoms with Gasteiger partial charge in [0.05, 0.1) is 20.7 Å². The summed E-state index contributed by atoms with van der Waals surface area (Å²) in [5, 5.41) is 11.1. The number of hydrogen-bond acceptors (Lipinski definition) is 4. The van der Waals surface area contributed by atoms with Crippen LogP contribution in [0.5, 0.6) is 0 Å². The Balaban J connectivity index is 2.77. The van der Waals surface area contributed by atoms with Crippen LogP contribution >= 0.6 is 11.3 Å². The molecule has 0 saturated heterocycles. The molecule has 14 heavy (non-hydrogen) atoms. The molecule has 0 aliphatic heterocycles. The van der Waals surface area contributed by atoms with E-state index >= 15 is 0 Å². The van der Waals surface area contributed by atoms with Gasteiger partial charge in [-0.15, -0.1) is 11.3 Å². The average molecular weight is 212 g/mol. The molecule has 0 spiro atoms. The van der Waals surface area contributed by atoms with Gasteiger partial charge in [0.25, 0.3) is 5.69 Å². The predicted octanol–water partition coefficient (Wildman–Crippen LogP) is 2.65. The Morgan fingerprint density at radius 1 is 1.57 bits per heavy atom. The van der Waals surface area contributed by atoms with E-state index in [-0.39, 0.29) is 11.2 Å². The van der Waals surface area contributed by atoms with E-state index in [0.29, 0.717) is 9.71 Å². The summed E-state index contributed by atoms with van der Waals surface area (Å²) in [4.78, 5) is 13.7. The largest absolute Gasteiger partial charge is 0.273 e. The van der Waals surface area contributed by atoms with Crippen molar-refractivity contribution < 1.29 is 9.31 Å². The van der Waals surface area contributed by atoms with Crippen LogP contribution < -0.4 is 0 Å². The molecule has 72 valence electrons. The molecule has 0 amide bonds. The highest BCUT2D eigenvalue weighted by molar-refractivity contribution is 7.18. The van der Waals surface area contributed by atoms with Crippen molar-refractivity contribution in [1.29, 1.82) is 0 Å². The minimum Gasteiger partial charge on any atom is -0.258 e. The molecule has 0 unspecified atom stereocenters. The smallest absolute Gasteiger partial charge is 0.258 e. The third-order valence-corrected chi connectivity index (χ3v) is 2.67. The van der Waals surface area contributed by atoms with Gasteiger partial charge >= 0.3 is 0 Å². The van der Waals surface area contributed by atoms with Gasteiger partial charge in [0.1, 0.15) is 5.52 Å². The summed E-state index contributed by atoms with van der Waals surface area (Å²) in [5.74, 6) is -0.640. The van der Waals surface area contributed by atoms with Gasteiger partial charge in [-0.2, -0.15) is 0 Å². The van der Waals surface area contributed by atoms with E-state index in [1.807, 2.05) is 0 Å². The number of halogens is 1. The number of nitro benzene ring substituents is 1. The van der Waals surface area contributed by atoms with Gasteiger partial charge in [-0.1, -0.05) is 0 Å². The van der Waals surface area contributed by atoms with Crippen molar-refractivity contribution >= 4 is 27.2 Å². The summed E-state index contributed by atoms with van der Waals surface area (Å²) in [7, 11) is 0. The lowest BCUT2D eigenvalue weighted by Gasteiger charge is -1.92. The van der Waals surface area contributed by atoms with Crippen molar-refractivity contribution in [2.24, 2.45) is 0 Å². The summed E-state index contributed by atoms with van der Waals surface area (Å²) in [6.07, 6.45) is 0. The number of nitrogens with zero attached hydrogens (tertiary/aromatic N) is 2. The Bertz CT molecular complexity index is 523. The molecular formula is C8H5FN2O2S. The van der Waals surface area contributed by atoms with Gasteiger partial charge in [-0.3, -0.25) is 10.1 Å². The van der Waals surface area contributed by atoms with E-state index in [2.05, 4.69) is 4.98 Å². The number of thiazole rings is 1. The maximum absolute atomic E-state index is 13.3. The maximum Gasteiger partial charge on any atom is 0.273 e. The Labute approximate surface area is 82.2 Å². The highest BCUT2D eigenvalue weighted by atomic mass is 32.1. The van der Waals surface area contributed by atoms with Crippen molar-refractivity contribution in [2.75, 3.05) is 0 Å². The average Bonchev–Trinajstić information content (AvgIpc) is 2.45. The molecule has 1 aromatic carbocycles. The fourth-order valence-corrected chi connectivity index (χ4v) is 2.07. The van der Waals surface area contributed by atoms with Crippen LogP contribution in [0.4, 0.5) is 10.1 Å². The highest BCUT2D eigenvalue weighted by Crippen LogP contribution is 2.28. The Morgan fingerprint density at radius 3 is 2.93 bits per heavy atom. The molecule has 2 rings (SSSR count). The molecule has 0 aliphatic rings. The van der Waals surface area contributed by atoms with Crippen LogP contribution in [-0.4, -0.2) is 9.91 Å². The van der Waals surface area contributed by atoms with Crippen LogP contribution in [0.3, 0.4) is 0 Å². The highest BCUT2D eigenvalue weighted by Gasteiger charge is 2.14. The van der Waals surface area contributed by atoms with E-state index in [1.165, 1.54) is 17.4 Å². The first-order chi connectivity index (χ1) is 6.58. The van der Waals surface area contributed by atoms with Crippen LogP contribution in [0.1, 0.15) is 5.01 Å². The Hall–Kier alpha value is -1.56. The molecule has 2 aromatic rings. The molecule has 0 atom stereocenters. The van der Waals surface area contributed by atoms with E-state index in [1.54, 1.807) is 6.92 Å². The Morgan fingerprint density at radius 2 is 2.29 bits per heavy atom. The lowest BCUT2D eigenvalue weighted by atomic mass is 10.3. The van der Waals surface area contributed by atoms with Crippen molar-refractivity contribution in [3.8, 4) is 0 Å². The lowest BCUT2D eigenvalue weighted by Crippen LogP contribution is -1.89. The van der Waals surface area contributed by atoms with Crippen molar-refractivity contribution in [2.45, 2.75) is 6.92 Å². The molecule has 0 aliphatic carbocycles. The van der Waals surface area contributed by atoms with E-state index in [0.717, 1.165) is 6.07 Å². The van der Waals surface area contributed by atoms with Gasteiger partial charge in [0.2, 0.25) is 0 Å². The molecule has 0 saturated carbocycles. The second-order valence-corrected chi connectivity index (χ2v) is 4.00. The van der Waals surface area contributed by atoms with Gasteiger partial charge in [-0.25, -0.2) is 9.37 Å². The number of non-ortho nitro benzene ring substituents is 1. The normalized spacial score (nSPS) is 10.7. The van der Waals surface area contributed by atoms with E-state index in [9.17, 15) is 14.5 Å². The molecule has 0 radical (unpaired) electrons. The number of hydrogen-bond donors (Lipinski definition) is 0. The van der Waals surface area contributed by atoms with E-state index in [4.69, 9.17) is 0 Å². The van der Waals surface area contributed by atoms with Crippen LogP contribution in [-0.2, 0) is 0 Å². The van der Waals surface area contributed by atoms with Crippen molar-refractivity contribution in [3.63, 3.8) is 0 Å². The molecule has 0 bridgehead atoms. The number of aryl methyl sites for hydroxylation is 1. The standard InChI is InChI=1S/C8H5FN2O2S/c1-4-10-8-6(9)2-5(11(12)13)3-7(8)14-4/h2-3H,1H3. The first-order valence-electron chi connectivity index (χ1n) is 3.79. The number of rotatable bonds is 1. The first-order valence-corrected chi connectivity index (χ1v) is 4.60. The molecule has 1 aromatic heterocycles. The SMILES string of the molecule is Cc1nc2c(F)cc([N+](=O)[O-])cc2s1. The van der Waals surface area contributed by atoms with E-state index < -0.39 is 10.7 Å². The number of benzene rings is 1. The second kappa shape index (κ2) is 2.98. The van der Waals surface area contributed by atoms with Crippen molar-refractivity contribution in [1.82, 2.24) is 4.98 Å². The van der Waals surface area contributed by atoms with Gasteiger partial charge in [0, 0.05) is 6.07 Å². The zero-order valence-corrected chi connectivity index (χ0v) is 7.97. The second-order valence-electron chi connectivity index (χ2n) is 2.76. The predicted molar refractivity (Wildman–Crippen MR) is 51.0 cm³/mol. The molecule has 0 N–H and O–H groups in total. The fraction of sp³-hybridized carbons (Fsp3) is 0.125. The first kappa shape index (κ1) is 9.01. The van der Waals surface area contributed by atoms with Crippen LogP contribution in [0.25, 0.3) is 10.2 Å². The number of aromatic nitrogens is 1. The maximum atomic E-state index is 13.3. The van der Waals surface area contributed by atoms with Gasteiger partial charge in [0.15, 0.2) is 5.82 Å². The summed E-state index contributed by atoms with van der Waals surface area (Å²) < 4.78 is 13.8. The third kappa shape index (κ3) is 1.33. The van der Waals surface area contributed by atoms with Crippen LogP contribution in [0.15, 0.2) is 12.1 Å². The quantitative estimate of drug-likeness (QED) is 0.539. The van der Waals surface area contributed by atoms with Crippen LogP contribution in [0.2, 0.25) is 0 Å². The summed E-state index contributed by atoms with van der Waals surface area (Å²) in [6, 6.07) is 2.23. The summed E-state index contributed by atoms with van der Waals surface area (Å²) in [6.45, 7) is 1.73. The van der Waals surface area contributed by atoms with Crippen LogP contribution in [0, 0.1) is 22.9 Å². The molecule has 0 fully saturated rings. The monoisotopic (exact) mass is 212 g/mol. The molecular weight excluding hydrogens is 207 g/mol. The number of nitro groups is 1. The van der Waals surface area contributed by atoms with Crippen molar-refractivity contribution in [3.05, 3.63) is 33.1 Å². The Kier molecular flexibility index (Phi) is 1.92. The summed E-state index contributed by atoms with van der Waals surface area (Å²) in [5.41, 5.74) is -0.0308. The zero-order chi connectivity index (χ0) is 10.3. The van der Waals surface area contributed by atoms with Gasteiger partial charge in [-0.05, 0) is 6.92 Å². The molecule has 4 nitrogen and oxygen atoms in total. The minimum absolute atomic E-state index is 0.207. The molecule has 1 heterocycles. The fourth-order valence-electron chi connectivity index (χ4n) is 1.19. The lowest BCUT2D eigenvalue weighted by molar-refractivity contribution is -0.384. The summed E-state index contributed by atoms with van der Waals surface area (Å²) >= 11 is 1.24. The third-order valence-electron chi connectivity index (χ3n) is 1.75. The van der Waals surface area contributed by atoms with Gasteiger partial charge < -0.3 is 0 Å². The minimum atomic E-state index is -0.640. The number of fused-ring (bicyclic) bond motifs is 1. The zero-order valence-electron chi connectivity index (χ0n) is 7.15. The molecule has 6 heteroatoms. The topological polar surface area (TPSA) is 56.0 Å².